The van der Waals surface area contributed by atoms with Gasteiger partial charge >= 0.3 is 0 Å². The molecule has 1 aliphatic heterocycles. The highest BCUT2D eigenvalue weighted by Gasteiger charge is 2.22. The highest BCUT2D eigenvalue weighted by molar-refractivity contribution is 7.17. The van der Waals surface area contributed by atoms with Crippen LogP contribution < -0.4 is 5.48 Å². The van der Waals surface area contributed by atoms with Gasteiger partial charge in [-0.1, -0.05) is 24.3 Å². The average molecular weight is 329 g/mol. The maximum atomic E-state index is 12.3. The molecule has 0 bridgehead atoms. The summed E-state index contributed by atoms with van der Waals surface area (Å²) >= 11 is 1.54. The molecule has 1 aromatic carbocycles. The molecule has 1 N–H and O–H groups in total. The van der Waals surface area contributed by atoms with Gasteiger partial charge in [-0.05, 0) is 48.4 Å². The summed E-state index contributed by atoms with van der Waals surface area (Å²) in [4.78, 5) is 19.6. The predicted molar refractivity (Wildman–Crippen MR) is 89.3 cm³/mol. The van der Waals surface area contributed by atoms with Gasteiger partial charge in [-0.3, -0.25) is 4.79 Å². The van der Waals surface area contributed by atoms with E-state index in [9.17, 15) is 4.79 Å². The Bertz CT molecular complexity index is 719. The number of carbonyl (C=O) groups excluding carboxylic acids is 1. The molecule has 23 heavy (non-hydrogen) atoms. The summed E-state index contributed by atoms with van der Waals surface area (Å²) in [6.45, 7) is 0.699. The van der Waals surface area contributed by atoms with Crippen molar-refractivity contribution in [1.29, 1.82) is 0 Å². The average Bonchev–Trinajstić information content (AvgIpc) is 3.05. The summed E-state index contributed by atoms with van der Waals surface area (Å²) in [5.41, 5.74) is 6.43. The van der Waals surface area contributed by atoms with Crippen LogP contribution in [0.3, 0.4) is 0 Å². The Kier molecular flexibility index (Phi) is 4.16. The van der Waals surface area contributed by atoms with E-state index in [2.05, 4.69) is 29.7 Å². The lowest BCUT2D eigenvalue weighted by atomic mass is 9.91. The van der Waals surface area contributed by atoms with Crippen LogP contribution in [0.25, 0.3) is 10.4 Å². The second kappa shape index (κ2) is 6.43. The quantitative estimate of drug-likeness (QED) is 0.874. The Morgan fingerprint density at radius 1 is 1.22 bits per heavy atom. The van der Waals surface area contributed by atoms with Crippen molar-refractivity contribution in [1.82, 2.24) is 5.48 Å². The van der Waals surface area contributed by atoms with Crippen molar-refractivity contribution in [3.63, 3.8) is 0 Å². The smallest absolute Gasteiger partial charge is 0.285 e. The van der Waals surface area contributed by atoms with Gasteiger partial charge in [-0.25, -0.2) is 10.3 Å². The van der Waals surface area contributed by atoms with E-state index in [1.165, 1.54) is 32.9 Å². The third kappa shape index (κ3) is 3.04. The third-order valence-electron chi connectivity index (χ3n) is 4.38. The molecule has 1 aliphatic carbocycles. The molecule has 2 aliphatic rings. The summed E-state index contributed by atoms with van der Waals surface area (Å²) in [6.07, 6.45) is 4.67. The number of carbonyl (C=O) groups is 1. The maximum absolute atomic E-state index is 12.3. The SMILES string of the molecule is O=C(NO[C@@H]1CCCCO1)c1cc2c(s1)-c1ccccc1CC2. The molecule has 0 radical (unpaired) electrons. The minimum Gasteiger partial charge on any atom is -0.350 e. The Balaban J connectivity index is 1.48. The van der Waals surface area contributed by atoms with Crippen LogP contribution in [0.4, 0.5) is 0 Å². The molecule has 1 fully saturated rings. The van der Waals surface area contributed by atoms with Crippen LogP contribution in [0, 0.1) is 0 Å². The molecule has 0 unspecified atom stereocenters. The lowest BCUT2D eigenvalue weighted by Crippen LogP contribution is -2.32. The molecule has 1 atom stereocenters. The van der Waals surface area contributed by atoms with E-state index in [1.54, 1.807) is 0 Å². The number of rotatable bonds is 3. The molecule has 1 amide bonds. The summed E-state index contributed by atoms with van der Waals surface area (Å²) in [7, 11) is 0. The molecule has 5 heteroatoms. The second-order valence-corrected chi connectivity index (χ2v) is 7.02. The van der Waals surface area contributed by atoms with Crippen LogP contribution >= 0.6 is 11.3 Å². The van der Waals surface area contributed by atoms with Crippen molar-refractivity contribution in [2.75, 3.05) is 6.61 Å². The first kappa shape index (κ1) is 14.9. The van der Waals surface area contributed by atoms with Crippen LogP contribution in [0.15, 0.2) is 30.3 Å². The Morgan fingerprint density at radius 3 is 2.96 bits per heavy atom. The van der Waals surface area contributed by atoms with Gasteiger partial charge in [0.1, 0.15) is 0 Å². The van der Waals surface area contributed by atoms with Crippen molar-refractivity contribution < 1.29 is 14.4 Å². The van der Waals surface area contributed by atoms with Gasteiger partial charge in [0, 0.05) is 17.9 Å². The number of ether oxygens (including phenoxy) is 1. The lowest BCUT2D eigenvalue weighted by Gasteiger charge is -2.21. The molecule has 0 saturated carbocycles. The molecule has 0 spiro atoms. The summed E-state index contributed by atoms with van der Waals surface area (Å²) in [6, 6.07) is 10.4. The van der Waals surface area contributed by atoms with Gasteiger partial charge < -0.3 is 4.74 Å². The van der Waals surface area contributed by atoms with E-state index in [0.29, 0.717) is 11.5 Å². The van der Waals surface area contributed by atoms with Crippen molar-refractivity contribution in [3.8, 4) is 10.4 Å². The molecule has 120 valence electrons. The number of thiophene rings is 1. The number of fused-ring (bicyclic) bond motifs is 3. The van der Waals surface area contributed by atoms with Gasteiger partial charge in [-0.2, -0.15) is 0 Å². The number of amides is 1. The highest BCUT2D eigenvalue weighted by Crippen LogP contribution is 2.39. The van der Waals surface area contributed by atoms with Crippen LogP contribution in [0.5, 0.6) is 0 Å². The van der Waals surface area contributed by atoms with Gasteiger partial charge in [0.25, 0.3) is 5.91 Å². The first-order chi connectivity index (χ1) is 11.3. The Labute approximate surface area is 139 Å². The first-order valence-electron chi connectivity index (χ1n) is 8.10. The van der Waals surface area contributed by atoms with Gasteiger partial charge in [0.05, 0.1) is 4.88 Å². The Morgan fingerprint density at radius 2 is 2.09 bits per heavy atom. The molecule has 4 rings (SSSR count). The molecule has 2 heterocycles. The van der Waals surface area contributed by atoms with E-state index in [-0.39, 0.29) is 12.2 Å². The van der Waals surface area contributed by atoms with Crippen LogP contribution in [-0.2, 0) is 22.4 Å². The molecule has 2 aromatic rings. The number of nitrogens with one attached hydrogen (secondary N) is 1. The number of aryl methyl sites for hydroxylation is 2. The third-order valence-corrected chi connectivity index (χ3v) is 5.59. The topological polar surface area (TPSA) is 47.6 Å². The second-order valence-electron chi connectivity index (χ2n) is 5.97. The van der Waals surface area contributed by atoms with E-state index in [0.717, 1.165) is 32.1 Å². The summed E-state index contributed by atoms with van der Waals surface area (Å²) < 4.78 is 5.46. The van der Waals surface area contributed by atoms with E-state index >= 15 is 0 Å². The fourth-order valence-corrected chi connectivity index (χ4v) is 4.31. The maximum Gasteiger partial charge on any atom is 0.285 e. The zero-order valence-corrected chi connectivity index (χ0v) is 13.7. The summed E-state index contributed by atoms with van der Waals surface area (Å²) in [5.74, 6) is -0.184. The highest BCUT2D eigenvalue weighted by atomic mass is 32.1. The Hall–Kier alpha value is -1.69. The zero-order valence-electron chi connectivity index (χ0n) is 12.8. The van der Waals surface area contributed by atoms with Crippen LogP contribution in [-0.4, -0.2) is 18.8 Å². The number of hydrogen-bond acceptors (Lipinski definition) is 4. The number of hydrogen-bond donors (Lipinski definition) is 1. The van der Waals surface area contributed by atoms with Crippen LogP contribution in [0.2, 0.25) is 0 Å². The minimum atomic E-state index is -0.317. The predicted octanol–water partition coefficient (Wildman–Crippen LogP) is 3.70. The zero-order chi connectivity index (χ0) is 15.6. The molecule has 1 aromatic heterocycles. The van der Waals surface area contributed by atoms with Crippen molar-refractivity contribution in [2.45, 2.75) is 38.4 Å². The summed E-state index contributed by atoms with van der Waals surface area (Å²) in [5, 5.41) is 0. The minimum absolute atomic E-state index is 0.184. The van der Waals surface area contributed by atoms with Gasteiger partial charge in [0.2, 0.25) is 0 Å². The van der Waals surface area contributed by atoms with E-state index < -0.39 is 0 Å². The van der Waals surface area contributed by atoms with E-state index in [4.69, 9.17) is 9.57 Å². The largest absolute Gasteiger partial charge is 0.350 e. The first-order valence-corrected chi connectivity index (χ1v) is 8.91. The van der Waals surface area contributed by atoms with Crippen molar-refractivity contribution >= 4 is 17.2 Å². The monoisotopic (exact) mass is 329 g/mol. The van der Waals surface area contributed by atoms with Gasteiger partial charge in [0.15, 0.2) is 6.29 Å². The normalized spacial score (nSPS) is 19.7. The van der Waals surface area contributed by atoms with Crippen molar-refractivity contribution in [3.05, 3.63) is 46.3 Å². The molecule has 1 saturated heterocycles. The van der Waals surface area contributed by atoms with Crippen LogP contribution in [0.1, 0.15) is 40.1 Å². The number of benzene rings is 1. The van der Waals surface area contributed by atoms with E-state index in [1.807, 2.05) is 6.07 Å². The fourth-order valence-electron chi connectivity index (χ4n) is 3.16. The number of hydroxylamine groups is 1. The van der Waals surface area contributed by atoms with Crippen molar-refractivity contribution in [2.24, 2.45) is 0 Å². The van der Waals surface area contributed by atoms with Gasteiger partial charge in [-0.15, -0.1) is 11.3 Å². The molecular weight excluding hydrogens is 310 g/mol. The standard InChI is InChI=1S/C18H19NO3S/c20-18(19-22-16-7-3-4-10-21-16)15-11-13-9-8-12-5-1-2-6-14(12)17(13)23-15/h1-2,5-6,11,16H,3-4,7-10H2,(H,19,20)/t16-/m1/s1. The lowest BCUT2D eigenvalue weighted by molar-refractivity contribution is -0.186. The molecular formula is C18H19NO3S. The fraction of sp³-hybridized carbons (Fsp3) is 0.389. The molecule has 4 nitrogen and oxygen atoms in total.